The number of halogens is 3. The average molecular weight is 539 g/mol. The lowest BCUT2D eigenvalue weighted by molar-refractivity contribution is -0.910. The SMILES string of the molecule is Cc1cc(-c2[nH]ncc2C)c(=C/C=C\Cc2c(C)cc[n+](O)c2Cn2cccc(C(F)(F)F)c2=O)/c(=C/O)n1. The number of nitrogens with one attached hydrogen (secondary N) is 1. The minimum atomic E-state index is -4.79. The van der Waals surface area contributed by atoms with E-state index in [-0.39, 0.29) is 12.2 Å². The zero-order valence-corrected chi connectivity index (χ0v) is 21.5. The van der Waals surface area contributed by atoms with Crippen LogP contribution in [0.4, 0.5) is 13.2 Å². The molecule has 39 heavy (non-hydrogen) atoms. The summed E-state index contributed by atoms with van der Waals surface area (Å²) >= 11 is 0. The van der Waals surface area contributed by atoms with Gasteiger partial charge in [-0.15, -0.1) is 0 Å². The summed E-state index contributed by atoms with van der Waals surface area (Å²) in [6, 6.07) is 5.44. The molecule has 0 saturated carbocycles. The van der Waals surface area contributed by atoms with Gasteiger partial charge in [-0.1, -0.05) is 18.2 Å². The molecule has 4 rings (SSSR count). The van der Waals surface area contributed by atoms with Gasteiger partial charge in [0.15, 0.2) is 0 Å². The lowest BCUT2D eigenvalue weighted by Crippen LogP contribution is -2.39. The van der Waals surface area contributed by atoms with E-state index in [2.05, 4.69) is 15.2 Å². The van der Waals surface area contributed by atoms with Gasteiger partial charge in [0.2, 0.25) is 6.20 Å². The van der Waals surface area contributed by atoms with Crippen LogP contribution in [0.15, 0.2) is 59.8 Å². The van der Waals surface area contributed by atoms with Crippen LogP contribution in [0.1, 0.15) is 33.6 Å². The molecule has 0 aliphatic heterocycles. The first-order valence-corrected chi connectivity index (χ1v) is 12.0. The molecule has 0 aliphatic rings. The fraction of sp³-hybridized carbons (Fsp3) is 0.214. The van der Waals surface area contributed by atoms with Crippen LogP contribution in [0, 0.1) is 20.8 Å². The maximum absolute atomic E-state index is 13.2. The van der Waals surface area contributed by atoms with Crippen LogP contribution < -0.4 is 20.9 Å². The van der Waals surface area contributed by atoms with Crippen LogP contribution >= 0.6 is 0 Å². The summed E-state index contributed by atoms with van der Waals surface area (Å²) in [5, 5.41) is 28.4. The number of aryl methyl sites for hydroxylation is 3. The molecule has 0 radical (unpaired) electrons. The van der Waals surface area contributed by atoms with Crippen LogP contribution in [0.5, 0.6) is 0 Å². The molecule has 11 heteroatoms. The number of hydrogen-bond acceptors (Lipinski definition) is 5. The van der Waals surface area contributed by atoms with Crippen molar-refractivity contribution >= 4 is 12.3 Å². The first-order chi connectivity index (χ1) is 18.5. The van der Waals surface area contributed by atoms with E-state index >= 15 is 0 Å². The molecule has 202 valence electrons. The molecule has 0 fully saturated rings. The number of aromatic nitrogens is 5. The Balaban J connectivity index is 1.72. The maximum atomic E-state index is 13.2. The van der Waals surface area contributed by atoms with Crippen molar-refractivity contribution in [2.45, 2.75) is 39.9 Å². The second-order valence-corrected chi connectivity index (χ2v) is 9.09. The molecule has 0 unspecified atom stereocenters. The second kappa shape index (κ2) is 11.0. The smallest absolute Gasteiger partial charge is 0.421 e. The lowest BCUT2D eigenvalue weighted by Gasteiger charge is -2.11. The molecule has 4 heterocycles. The lowest BCUT2D eigenvalue weighted by atomic mass is 10.0. The van der Waals surface area contributed by atoms with Gasteiger partial charge in [0, 0.05) is 39.0 Å². The molecular weight excluding hydrogens is 511 g/mol. The first-order valence-electron chi connectivity index (χ1n) is 12.0. The van der Waals surface area contributed by atoms with Gasteiger partial charge in [-0.3, -0.25) is 15.1 Å². The standard InChI is InChI=1S/C28H26F3N5O3/c1-17-10-12-36(39)25(15-35-11-6-9-23(27(35)38)28(29,30)31)20(17)7-4-5-8-21-22(26-18(2)14-32-34-26)13-19(3)33-24(21)16-37/h4-6,8-14,16H,7,15H2,1-3H3,(H2-,32,33,34,37,39)/p+1/b5-4-,21-8-. The van der Waals surface area contributed by atoms with E-state index in [9.17, 15) is 28.3 Å². The highest BCUT2D eigenvalue weighted by Gasteiger charge is 2.34. The maximum Gasteiger partial charge on any atom is 0.421 e. The van der Waals surface area contributed by atoms with Crippen molar-refractivity contribution in [3.63, 3.8) is 0 Å². The molecule has 0 bridgehead atoms. The van der Waals surface area contributed by atoms with Crippen molar-refractivity contribution in [1.29, 1.82) is 0 Å². The summed E-state index contributed by atoms with van der Waals surface area (Å²) in [6.07, 6.45) is 6.15. The van der Waals surface area contributed by atoms with Crippen molar-refractivity contribution in [2.75, 3.05) is 0 Å². The summed E-state index contributed by atoms with van der Waals surface area (Å²) < 4.78 is 41.5. The zero-order chi connectivity index (χ0) is 28.3. The topological polar surface area (TPSA) is 108 Å². The van der Waals surface area contributed by atoms with Crippen LogP contribution in [-0.4, -0.2) is 30.1 Å². The molecule has 4 aromatic heterocycles. The molecule has 0 atom stereocenters. The number of aromatic amines is 1. The molecule has 3 N–H and O–H groups in total. The number of H-pyrrole nitrogens is 1. The normalized spacial score (nSPS) is 13.1. The number of alkyl halides is 3. The number of rotatable bonds is 6. The molecule has 0 saturated heterocycles. The molecular formula is C28H27F3N5O3+. The summed E-state index contributed by atoms with van der Waals surface area (Å²) in [5.74, 6) is 0. The van der Waals surface area contributed by atoms with Gasteiger partial charge in [-0.05, 0) is 56.5 Å². The van der Waals surface area contributed by atoms with Gasteiger partial charge >= 0.3 is 6.18 Å². The van der Waals surface area contributed by atoms with Crippen LogP contribution in [0.2, 0.25) is 0 Å². The van der Waals surface area contributed by atoms with Gasteiger partial charge < -0.3 is 9.67 Å². The minimum Gasteiger partial charge on any atom is -0.513 e. The Labute approximate surface area is 221 Å². The highest BCUT2D eigenvalue weighted by molar-refractivity contribution is 5.66. The van der Waals surface area contributed by atoms with E-state index in [0.717, 1.165) is 50.1 Å². The number of allylic oxidation sites excluding steroid dienone is 2. The molecule has 0 amide bonds. The Bertz CT molecular complexity index is 1740. The van der Waals surface area contributed by atoms with Gasteiger partial charge in [0.25, 0.3) is 11.3 Å². The molecule has 0 aromatic carbocycles. The fourth-order valence-electron chi connectivity index (χ4n) is 4.38. The predicted octanol–water partition coefficient (Wildman–Crippen LogP) is 3.03. The fourth-order valence-corrected chi connectivity index (χ4v) is 4.38. The Kier molecular flexibility index (Phi) is 7.70. The monoisotopic (exact) mass is 538 g/mol. The van der Waals surface area contributed by atoms with E-state index < -0.39 is 17.3 Å². The van der Waals surface area contributed by atoms with Crippen LogP contribution in [-0.2, 0) is 19.1 Å². The van der Waals surface area contributed by atoms with E-state index in [1.54, 1.807) is 24.4 Å². The third-order valence-electron chi connectivity index (χ3n) is 6.37. The predicted molar refractivity (Wildman–Crippen MR) is 138 cm³/mol. The number of pyridine rings is 3. The second-order valence-electron chi connectivity index (χ2n) is 9.09. The first kappa shape index (κ1) is 27.4. The van der Waals surface area contributed by atoms with Crippen molar-refractivity contribution < 1.29 is 28.2 Å². The summed E-state index contributed by atoms with van der Waals surface area (Å²) in [6.45, 7) is 5.28. The highest BCUT2D eigenvalue weighted by atomic mass is 19.4. The van der Waals surface area contributed by atoms with E-state index in [1.165, 1.54) is 12.4 Å². The summed E-state index contributed by atoms with van der Waals surface area (Å²) in [7, 11) is 0. The third kappa shape index (κ3) is 5.77. The van der Waals surface area contributed by atoms with Gasteiger partial charge in [0.05, 0.1) is 11.9 Å². The largest absolute Gasteiger partial charge is 0.513 e. The van der Waals surface area contributed by atoms with Crippen molar-refractivity contribution in [3.8, 4) is 11.3 Å². The Morgan fingerprint density at radius 2 is 1.95 bits per heavy atom. The number of nitrogens with zero attached hydrogens (tertiary/aromatic N) is 4. The number of aliphatic hydroxyl groups excluding tert-OH is 1. The zero-order valence-electron chi connectivity index (χ0n) is 21.5. The Morgan fingerprint density at radius 3 is 2.62 bits per heavy atom. The summed E-state index contributed by atoms with van der Waals surface area (Å²) in [4.78, 5) is 16.9. The third-order valence-corrected chi connectivity index (χ3v) is 6.37. The van der Waals surface area contributed by atoms with E-state index in [1.807, 2.05) is 32.9 Å². The van der Waals surface area contributed by atoms with Crippen LogP contribution in [0.3, 0.4) is 0 Å². The molecule has 8 nitrogen and oxygen atoms in total. The molecule has 0 aliphatic carbocycles. The Morgan fingerprint density at radius 1 is 1.18 bits per heavy atom. The molecule has 4 aromatic rings. The molecule has 0 spiro atoms. The highest BCUT2D eigenvalue weighted by Crippen LogP contribution is 2.26. The minimum absolute atomic E-state index is 0.261. The quantitative estimate of drug-likeness (QED) is 0.259. The van der Waals surface area contributed by atoms with Crippen molar-refractivity contribution in [3.05, 3.63) is 110 Å². The average Bonchev–Trinajstić information content (AvgIpc) is 3.31. The summed E-state index contributed by atoms with van der Waals surface area (Å²) in [5.41, 5.74) is 2.47. The van der Waals surface area contributed by atoms with Crippen molar-refractivity contribution in [1.82, 2.24) is 19.7 Å². The van der Waals surface area contributed by atoms with E-state index in [4.69, 9.17) is 0 Å². The number of aliphatic hydroxyl groups is 1. The van der Waals surface area contributed by atoms with Gasteiger partial charge in [-0.25, -0.2) is 4.98 Å². The van der Waals surface area contributed by atoms with Gasteiger partial charge in [-0.2, -0.15) is 18.3 Å². The van der Waals surface area contributed by atoms with Crippen molar-refractivity contribution in [2.24, 2.45) is 0 Å². The Hall–Kier alpha value is -4.67. The van der Waals surface area contributed by atoms with E-state index in [0.29, 0.717) is 28.2 Å². The van der Waals surface area contributed by atoms with Crippen LogP contribution in [0.25, 0.3) is 23.6 Å². The number of hydrogen-bond donors (Lipinski definition) is 3. The van der Waals surface area contributed by atoms with Gasteiger partial charge in [0.1, 0.15) is 23.7 Å².